The van der Waals surface area contributed by atoms with Crippen molar-refractivity contribution in [2.75, 3.05) is 48.1 Å². The number of rotatable bonds is 18. The summed E-state index contributed by atoms with van der Waals surface area (Å²) in [4.78, 5) is 70.8. The van der Waals surface area contributed by atoms with Gasteiger partial charge in [-0.05, 0) is 118 Å². The number of hydrogen-bond donors (Lipinski definition) is 4. The van der Waals surface area contributed by atoms with E-state index in [4.69, 9.17) is 36.1 Å². The lowest BCUT2D eigenvalue weighted by Gasteiger charge is -2.26. The maximum absolute atomic E-state index is 13.4. The molecule has 1 amide bonds. The Bertz CT molecular complexity index is 2540. The molecule has 0 saturated heterocycles. The van der Waals surface area contributed by atoms with Crippen molar-refractivity contribution < 1.29 is 51.7 Å². The van der Waals surface area contributed by atoms with E-state index in [9.17, 15) is 32.8 Å². The predicted octanol–water partition coefficient (Wildman–Crippen LogP) is 6.83. The van der Waals surface area contributed by atoms with Crippen molar-refractivity contribution in [3.8, 4) is 11.5 Å². The summed E-state index contributed by atoms with van der Waals surface area (Å²) in [6, 6.07) is 22.8. The number of nitrogens with one attached hydrogen (secondary N) is 1. The van der Waals surface area contributed by atoms with Gasteiger partial charge in [0.2, 0.25) is 17.5 Å². The van der Waals surface area contributed by atoms with Crippen LogP contribution in [0, 0.1) is 11.6 Å². The number of nitrogens with two attached hydrogens (primary N) is 3. The predicted molar refractivity (Wildman–Crippen MR) is 234 cm³/mol. The standard InChI is InChI=1S/C23H23FN4O5S.C20H18FN3O4S/c1-3-32-18(29)12-33-17-10-4-14(5-11-17)19(30)20-21(25)27-23(34-20)28(13(2)22(26)31)16-8-6-15(24)7-9-16;1-2-27-16(25)11-28-15-9-3-12(4-10-15)17(26)18-19(22)24-20(29-18)23-14-7-5-13(21)6-8-14/h4-11,13H,3,12,25H2,1-2H3,(H2,26,31);3-10H,2,11,22H2,1H3,(H,23,24)/t13-;/m1./s1. The number of esters is 2. The average Bonchev–Trinajstić information content (AvgIpc) is 3.84. The molecule has 2 heterocycles. The monoisotopic (exact) mass is 901 g/mol. The smallest absolute Gasteiger partial charge is 0.344 e. The highest BCUT2D eigenvalue weighted by molar-refractivity contribution is 7.18. The van der Waals surface area contributed by atoms with E-state index in [1.54, 1.807) is 69.3 Å². The Kier molecular flexibility index (Phi) is 16.2. The fourth-order valence-electron chi connectivity index (χ4n) is 5.38. The molecule has 1 atom stereocenters. The van der Waals surface area contributed by atoms with Gasteiger partial charge in [0.15, 0.2) is 23.5 Å². The third-order valence-electron chi connectivity index (χ3n) is 8.47. The number of hydrogen-bond acceptors (Lipinski definition) is 17. The molecule has 2 aromatic heterocycles. The number of carbonyl (C=O) groups excluding carboxylic acids is 5. The van der Waals surface area contributed by atoms with Crippen LogP contribution in [-0.4, -0.2) is 71.8 Å². The van der Waals surface area contributed by atoms with E-state index in [1.807, 2.05) is 0 Å². The van der Waals surface area contributed by atoms with E-state index in [0.717, 1.165) is 22.7 Å². The third kappa shape index (κ3) is 12.8. The van der Waals surface area contributed by atoms with Gasteiger partial charge >= 0.3 is 11.9 Å². The molecule has 0 aliphatic heterocycles. The highest BCUT2D eigenvalue weighted by Gasteiger charge is 2.28. The van der Waals surface area contributed by atoms with Crippen molar-refractivity contribution in [2.45, 2.75) is 26.8 Å². The highest BCUT2D eigenvalue weighted by atomic mass is 32.1. The molecule has 0 saturated carbocycles. The Morgan fingerprint density at radius 2 is 1.11 bits per heavy atom. The molecule has 6 aromatic rings. The summed E-state index contributed by atoms with van der Waals surface area (Å²) >= 11 is 2.09. The molecule has 0 unspecified atom stereocenters. The quantitative estimate of drug-likeness (QED) is 0.0510. The number of ether oxygens (including phenoxy) is 4. The van der Waals surface area contributed by atoms with Crippen LogP contribution in [0.3, 0.4) is 0 Å². The van der Waals surface area contributed by atoms with Gasteiger partial charge in [0.05, 0.1) is 13.2 Å². The summed E-state index contributed by atoms with van der Waals surface area (Å²) in [5.74, 6) is -2.15. The van der Waals surface area contributed by atoms with Gasteiger partial charge in [0, 0.05) is 22.5 Å². The van der Waals surface area contributed by atoms with E-state index >= 15 is 0 Å². The van der Waals surface area contributed by atoms with Crippen LogP contribution in [0.15, 0.2) is 97.1 Å². The maximum atomic E-state index is 13.4. The van der Waals surface area contributed by atoms with Gasteiger partial charge in [-0.25, -0.2) is 28.3 Å². The second kappa shape index (κ2) is 21.9. The van der Waals surface area contributed by atoms with Crippen molar-refractivity contribution in [2.24, 2.45) is 5.73 Å². The van der Waals surface area contributed by atoms with Crippen molar-refractivity contribution in [1.29, 1.82) is 0 Å². The summed E-state index contributed by atoms with van der Waals surface area (Å²) in [5, 5.41) is 3.67. The third-order valence-corrected chi connectivity index (χ3v) is 10.5. The number of thiazole rings is 2. The van der Waals surface area contributed by atoms with Crippen molar-refractivity contribution >= 4 is 85.4 Å². The zero-order valence-electron chi connectivity index (χ0n) is 34.0. The van der Waals surface area contributed by atoms with Gasteiger partial charge in [0.25, 0.3) is 0 Å². The molecule has 0 bridgehead atoms. The minimum absolute atomic E-state index is 0.0172. The molecule has 0 aliphatic rings. The molecule has 0 radical (unpaired) electrons. The molecule has 4 aromatic carbocycles. The topological polar surface area (TPSA) is 241 Å². The Morgan fingerprint density at radius 1 is 0.667 bits per heavy atom. The van der Waals surface area contributed by atoms with Gasteiger partial charge in [-0.15, -0.1) is 0 Å². The number of nitrogen functional groups attached to an aromatic ring is 2. The van der Waals surface area contributed by atoms with Crippen LogP contribution in [0.2, 0.25) is 0 Å². The minimum atomic E-state index is -0.838. The largest absolute Gasteiger partial charge is 0.482 e. The van der Waals surface area contributed by atoms with Crippen LogP contribution in [-0.2, 0) is 23.9 Å². The minimum Gasteiger partial charge on any atom is -0.482 e. The number of aromatic nitrogens is 2. The SMILES string of the molecule is CCOC(=O)COc1ccc(C(=O)c2sc(N(c3ccc(F)cc3)[C@H](C)C(N)=O)nc2N)cc1.CCOC(=O)COc1ccc(C(=O)c2sc(Nc3ccc(F)cc3)nc2N)cc1. The fraction of sp³-hybridized carbons (Fsp3) is 0.186. The van der Waals surface area contributed by atoms with Crippen LogP contribution < -0.4 is 36.9 Å². The first-order valence-corrected chi connectivity index (χ1v) is 20.6. The van der Waals surface area contributed by atoms with Crippen molar-refractivity contribution in [3.63, 3.8) is 0 Å². The highest BCUT2D eigenvalue weighted by Crippen LogP contribution is 2.36. The molecule has 0 fully saturated rings. The van der Waals surface area contributed by atoms with E-state index < -0.39 is 29.7 Å². The Labute approximate surface area is 367 Å². The molecule has 0 spiro atoms. The van der Waals surface area contributed by atoms with Gasteiger partial charge in [-0.3, -0.25) is 14.4 Å². The Morgan fingerprint density at radius 3 is 1.57 bits per heavy atom. The van der Waals surface area contributed by atoms with Gasteiger partial charge in [0.1, 0.15) is 50.6 Å². The van der Waals surface area contributed by atoms with Crippen LogP contribution in [0.1, 0.15) is 51.2 Å². The normalized spacial score (nSPS) is 11.0. The zero-order valence-corrected chi connectivity index (χ0v) is 35.6. The zero-order chi connectivity index (χ0) is 45.6. The number of primary amides is 1. The number of halogens is 2. The number of benzene rings is 4. The van der Waals surface area contributed by atoms with Gasteiger partial charge < -0.3 is 46.4 Å². The van der Waals surface area contributed by atoms with E-state index in [1.165, 1.54) is 53.4 Å². The molecular weight excluding hydrogens is 861 g/mol. The molecule has 328 valence electrons. The average molecular weight is 902 g/mol. The lowest BCUT2D eigenvalue weighted by molar-refractivity contribution is -0.146. The van der Waals surface area contributed by atoms with Gasteiger partial charge in [-0.1, -0.05) is 22.7 Å². The second-order valence-electron chi connectivity index (χ2n) is 12.9. The fourth-order valence-corrected chi connectivity index (χ4v) is 7.29. The molecule has 63 heavy (non-hydrogen) atoms. The van der Waals surface area contributed by atoms with Crippen LogP contribution in [0.4, 0.5) is 42.1 Å². The first-order valence-electron chi connectivity index (χ1n) is 18.9. The van der Waals surface area contributed by atoms with Crippen molar-refractivity contribution in [3.05, 3.63) is 130 Å². The van der Waals surface area contributed by atoms with Gasteiger partial charge in [-0.2, -0.15) is 0 Å². The number of amides is 1. The van der Waals surface area contributed by atoms with E-state index in [2.05, 4.69) is 15.3 Å². The second-order valence-corrected chi connectivity index (χ2v) is 14.9. The first-order chi connectivity index (χ1) is 30.2. The van der Waals surface area contributed by atoms with Crippen LogP contribution >= 0.6 is 22.7 Å². The Hall–Kier alpha value is -7.45. The lowest BCUT2D eigenvalue weighted by Crippen LogP contribution is -2.39. The molecule has 6 rings (SSSR count). The molecule has 16 nitrogen and oxygen atoms in total. The van der Waals surface area contributed by atoms with E-state index in [-0.39, 0.29) is 70.3 Å². The van der Waals surface area contributed by atoms with Crippen molar-refractivity contribution in [1.82, 2.24) is 9.97 Å². The summed E-state index contributed by atoms with van der Waals surface area (Å²) in [6.45, 7) is 5.06. The summed E-state index contributed by atoms with van der Waals surface area (Å²) < 4.78 is 46.6. The first kappa shape index (κ1) is 46.6. The summed E-state index contributed by atoms with van der Waals surface area (Å²) in [7, 11) is 0. The summed E-state index contributed by atoms with van der Waals surface area (Å²) in [5.41, 5.74) is 19.2. The molecule has 0 aliphatic carbocycles. The van der Waals surface area contributed by atoms with Crippen LogP contribution in [0.5, 0.6) is 11.5 Å². The van der Waals surface area contributed by atoms with E-state index in [0.29, 0.717) is 39.1 Å². The number of anilines is 6. The maximum Gasteiger partial charge on any atom is 0.344 e. The number of carbonyl (C=O) groups is 5. The molecule has 20 heteroatoms. The number of nitrogens with zero attached hydrogens (tertiary/aromatic N) is 3. The summed E-state index contributed by atoms with van der Waals surface area (Å²) in [6.07, 6.45) is 0. The van der Waals surface area contributed by atoms with Crippen LogP contribution in [0.25, 0.3) is 0 Å². The Balaban J connectivity index is 0.000000240. The molecule has 7 N–H and O–H groups in total. The molecular formula is C43H41F2N7O9S2. The lowest BCUT2D eigenvalue weighted by atomic mass is 10.1. The number of ketones is 2.